The van der Waals surface area contributed by atoms with Gasteiger partial charge in [-0.05, 0) is 27.7 Å². The number of carbonyl (C=O) groups is 2. The van der Waals surface area contributed by atoms with Crippen molar-refractivity contribution < 1.29 is 31.7 Å². The molecule has 9 heteroatoms. The van der Waals surface area contributed by atoms with Crippen LogP contribution in [0, 0.1) is 0 Å². The van der Waals surface area contributed by atoms with E-state index in [0.717, 1.165) is 0 Å². The van der Waals surface area contributed by atoms with Gasteiger partial charge < -0.3 is 9.47 Å². The molecule has 8 nitrogen and oxygen atoms in total. The third-order valence-corrected chi connectivity index (χ3v) is 3.63. The molecule has 0 spiro atoms. The molecule has 0 bridgehead atoms. The van der Waals surface area contributed by atoms with Crippen LogP contribution in [-0.4, -0.2) is 49.6 Å². The minimum atomic E-state index is -4.35. The van der Waals surface area contributed by atoms with Crippen molar-refractivity contribution in [2.45, 2.75) is 45.8 Å². The van der Waals surface area contributed by atoms with Crippen LogP contribution >= 0.6 is 0 Å². The molecule has 1 saturated heterocycles. The highest BCUT2D eigenvalue weighted by Gasteiger charge is 2.45. The zero-order valence-corrected chi connectivity index (χ0v) is 12.7. The SMILES string of the molecule is CCOC(=O)[C@@H]1CCOS(=O)(=O)N1C(=O)OC(C)(C)C. The Morgan fingerprint density at radius 3 is 2.45 bits per heavy atom. The maximum absolute atomic E-state index is 12.0. The molecular weight excluding hydrogens is 290 g/mol. The van der Waals surface area contributed by atoms with Crippen LogP contribution in [0.4, 0.5) is 4.79 Å². The van der Waals surface area contributed by atoms with E-state index in [4.69, 9.17) is 9.47 Å². The number of hydrogen-bond acceptors (Lipinski definition) is 7. The lowest BCUT2D eigenvalue weighted by atomic mass is 10.2. The van der Waals surface area contributed by atoms with Crippen LogP contribution in [0.15, 0.2) is 0 Å². The van der Waals surface area contributed by atoms with Crippen LogP contribution in [0.5, 0.6) is 0 Å². The van der Waals surface area contributed by atoms with Crippen molar-refractivity contribution in [2.24, 2.45) is 0 Å². The van der Waals surface area contributed by atoms with Gasteiger partial charge in [0.15, 0.2) is 6.04 Å². The van der Waals surface area contributed by atoms with Gasteiger partial charge in [0, 0.05) is 6.42 Å². The number of carbonyl (C=O) groups excluding carboxylic acids is 2. The third-order valence-electron chi connectivity index (χ3n) is 2.28. The van der Waals surface area contributed by atoms with E-state index in [-0.39, 0.29) is 19.6 Å². The van der Waals surface area contributed by atoms with E-state index in [9.17, 15) is 18.0 Å². The summed E-state index contributed by atoms with van der Waals surface area (Å²) in [5.41, 5.74) is -0.900. The van der Waals surface area contributed by atoms with Gasteiger partial charge in [0.1, 0.15) is 5.60 Å². The molecular formula is C11H19NO7S. The van der Waals surface area contributed by atoms with Crippen LogP contribution in [-0.2, 0) is 28.8 Å². The zero-order chi connectivity index (χ0) is 15.6. The molecule has 0 aromatic heterocycles. The fourth-order valence-corrected chi connectivity index (χ4v) is 2.72. The number of hydrogen-bond donors (Lipinski definition) is 0. The van der Waals surface area contributed by atoms with Gasteiger partial charge in [-0.3, -0.25) is 4.18 Å². The molecule has 1 atom stereocenters. The standard InChI is InChI=1S/C11H19NO7S/c1-5-17-9(13)8-6-7-18-20(15,16)12(8)10(14)19-11(2,3)4/h8H,5-7H2,1-4H3/t8-/m0/s1. The first kappa shape index (κ1) is 16.7. The van der Waals surface area contributed by atoms with Crippen molar-refractivity contribution in [3.63, 3.8) is 0 Å². The third kappa shape index (κ3) is 4.07. The summed E-state index contributed by atoms with van der Waals surface area (Å²) in [4.78, 5) is 23.8. The van der Waals surface area contributed by atoms with Crippen molar-refractivity contribution in [1.82, 2.24) is 4.31 Å². The van der Waals surface area contributed by atoms with Gasteiger partial charge in [-0.2, -0.15) is 12.7 Å². The first-order chi connectivity index (χ1) is 9.08. The lowest BCUT2D eigenvalue weighted by molar-refractivity contribution is -0.148. The van der Waals surface area contributed by atoms with E-state index in [1.165, 1.54) is 0 Å². The summed E-state index contributed by atoms with van der Waals surface area (Å²) in [6.45, 7) is 6.23. The maximum Gasteiger partial charge on any atom is 0.426 e. The number of ether oxygens (including phenoxy) is 2. The topological polar surface area (TPSA) is 99.2 Å². The molecule has 1 amide bonds. The monoisotopic (exact) mass is 309 g/mol. The highest BCUT2D eigenvalue weighted by molar-refractivity contribution is 7.85. The molecule has 0 aliphatic carbocycles. The average molecular weight is 309 g/mol. The van der Waals surface area contributed by atoms with Crippen LogP contribution in [0.2, 0.25) is 0 Å². The summed E-state index contributed by atoms with van der Waals surface area (Å²) in [5, 5.41) is 0. The molecule has 1 rings (SSSR count). The Labute approximate surface area is 118 Å². The minimum Gasteiger partial charge on any atom is -0.464 e. The van der Waals surface area contributed by atoms with Crippen molar-refractivity contribution in [3.05, 3.63) is 0 Å². The molecule has 0 N–H and O–H groups in total. The number of esters is 1. The molecule has 1 aliphatic heterocycles. The lowest BCUT2D eigenvalue weighted by Crippen LogP contribution is -2.54. The van der Waals surface area contributed by atoms with Crippen molar-refractivity contribution in [2.75, 3.05) is 13.2 Å². The predicted molar refractivity (Wildman–Crippen MR) is 68.0 cm³/mol. The maximum atomic E-state index is 12.0. The van der Waals surface area contributed by atoms with Gasteiger partial charge in [0.25, 0.3) is 0 Å². The van der Waals surface area contributed by atoms with Crippen molar-refractivity contribution in [3.8, 4) is 0 Å². The molecule has 0 aromatic carbocycles. The van der Waals surface area contributed by atoms with Gasteiger partial charge in [-0.1, -0.05) is 0 Å². The Balaban J connectivity index is 3.04. The van der Waals surface area contributed by atoms with E-state index in [2.05, 4.69) is 4.18 Å². The molecule has 0 unspecified atom stereocenters. The fraction of sp³-hybridized carbons (Fsp3) is 0.818. The first-order valence-corrected chi connectivity index (χ1v) is 7.53. The molecule has 20 heavy (non-hydrogen) atoms. The van der Waals surface area contributed by atoms with Gasteiger partial charge in [-0.15, -0.1) is 0 Å². The number of nitrogens with zero attached hydrogens (tertiary/aromatic N) is 1. The molecule has 0 saturated carbocycles. The summed E-state index contributed by atoms with van der Waals surface area (Å²) >= 11 is 0. The molecule has 0 radical (unpaired) electrons. The molecule has 116 valence electrons. The Morgan fingerprint density at radius 2 is 1.95 bits per heavy atom. The molecule has 0 aromatic rings. The van der Waals surface area contributed by atoms with Crippen LogP contribution in [0.3, 0.4) is 0 Å². The zero-order valence-electron chi connectivity index (χ0n) is 11.9. The van der Waals surface area contributed by atoms with Gasteiger partial charge in [0.05, 0.1) is 13.2 Å². The summed E-state index contributed by atoms with van der Waals surface area (Å²) in [6, 6.07) is -1.26. The summed E-state index contributed by atoms with van der Waals surface area (Å²) in [7, 11) is -4.35. The quantitative estimate of drug-likeness (QED) is 0.696. The second-order valence-corrected chi connectivity index (χ2v) is 6.60. The Morgan fingerprint density at radius 1 is 1.35 bits per heavy atom. The average Bonchev–Trinajstić information content (AvgIpc) is 2.24. The smallest absolute Gasteiger partial charge is 0.426 e. The Hall–Kier alpha value is -1.35. The lowest BCUT2D eigenvalue weighted by Gasteiger charge is -2.33. The number of rotatable bonds is 2. The first-order valence-electron chi connectivity index (χ1n) is 6.17. The van der Waals surface area contributed by atoms with Gasteiger partial charge >= 0.3 is 22.4 Å². The van der Waals surface area contributed by atoms with Crippen molar-refractivity contribution >= 4 is 22.4 Å². The van der Waals surface area contributed by atoms with Crippen molar-refractivity contribution in [1.29, 1.82) is 0 Å². The normalized spacial score (nSPS) is 22.2. The minimum absolute atomic E-state index is 0.0251. The highest BCUT2D eigenvalue weighted by Crippen LogP contribution is 2.23. The van der Waals surface area contributed by atoms with E-state index >= 15 is 0 Å². The summed E-state index contributed by atoms with van der Waals surface area (Å²) < 4.78 is 38.3. The summed E-state index contributed by atoms with van der Waals surface area (Å²) in [6.07, 6.45) is -1.13. The van der Waals surface area contributed by atoms with Gasteiger partial charge in [-0.25, -0.2) is 9.59 Å². The van der Waals surface area contributed by atoms with E-state index in [1.54, 1.807) is 27.7 Å². The second kappa shape index (κ2) is 5.96. The van der Waals surface area contributed by atoms with E-state index in [1.807, 2.05) is 0 Å². The predicted octanol–water partition coefficient (Wildman–Crippen LogP) is 0.820. The molecule has 1 fully saturated rings. The van der Waals surface area contributed by atoms with Gasteiger partial charge in [0.2, 0.25) is 0 Å². The Kier molecular flexibility index (Phi) is 4.98. The van der Waals surface area contributed by atoms with E-state index in [0.29, 0.717) is 4.31 Å². The van der Waals surface area contributed by atoms with Crippen LogP contribution in [0.25, 0.3) is 0 Å². The van der Waals surface area contributed by atoms with E-state index < -0.39 is 34.0 Å². The highest BCUT2D eigenvalue weighted by atomic mass is 32.2. The molecule has 1 heterocycles. The number of amides is 1. The fourth-order valence-electron chi connectivity index (χ4n) is 1.57. The Bertz CT molecular complexity index is 479. The second-order valence-electron chi connectivity index (χ2n) is 5.11. The van der Waals surface area contributed by atoms with Crippen LogP contribution < -0.4 is 0 Å². The van der Waals surface area contributed by atoms with Crippen LogP contribution in [0.1, 0.15) is 34.1 Å². The molecule has 1 aliphatic rings. The summed E-state index contributed by atoms with van der Waals surface area (Å²) in [5.74, 6) is -0.801. The largest absolute Gasteiger partial charge is 0.464 e.